The van der Waals surface area contributed by atoms with Crippen LogP contribution in [0.2, 0.25) is 0 Å². The van der Waals surface area contributed by atoms with Gasteiger partial charge in [0.05, 0.1) is 0 Å². The summed E-state index contributed by atoms with van der Waals surface area (Å²) in [6.45, 7) is 4.99. The van der Waals surface area contributed by atoms with Gasteiger partial charge in [0.2, 0.25) is 0 Å². The van der Waals surface area contributed by atoms with E-state index in [2.05, 4.69) is 49.5 Å². The van der Waals surface area contributed by atoms with Crippen molar-refractivity contribution in [2.75, 3.05) is 13.2 Å². The zero-order valence-corrected chi connectivity index (χ0v) is 15.6. The lowest BCUT2D eigenvalue weighted by Gasteiger charge is -2.28. The van der Waals surface area contributed by atoms with Crippen LogP contribution in [0.5, 0.6) is 5.75 Å². The average Bonchev–Trinajstić information content (AvgIpc) is 3.08. The Bertz CT molecular complexity index is 713. The molecule has 0 aromatic heterocycles. The van der Waals surface area contributed by atoms with Crippen molar-refractivity contribution >= 4 is 18.5 Å². The minimum atomic E-state index is -0.561. The van der Waals surface area contributed by atoms with Gasteiger partial charge in [-0.05, 0) is 37.5 Å². The Morgan fingerprint density at radius 2 is 1.88 bits per heavy atom. The van der Waals surface area contributed by atoms with E-state index in [1.165, 1.54) is 11.1 Å². The fourth-order valence-electron chi connectivity index (χ4n) is 2.96. The summed E-state index contributed by atoms with van der Waals surface area (Å²) in [7, 11) is 0. The molecule has 134 valence electrons. The maximum absolute atomic E-state index is 10.3. The van der Waals surface area contributed by atoms with Crippen molar-refractivity contribution in [3.63, 3.8) is 0 Å². The molecule has 3 rings (SSSR count). The summed E-state index contributed by atoms with van der Waals surface area (Å²) < 4.78 is 5.84. The second-order valence-electron chi connectivity index (χ2n) is 6.77. The number of benzene rings is 2. The Hall–Kier alpha value is -1.81. The van der Waals surface area contributed by atoms with Crippen LogP contribution in [0.3, 0.4) is 0 Å². The van der Waals surface area contributed by atoms with Crippen molar-refractivity contribution in [3.05, 3.63) is 71.3 Å². The van der Waals surface area contributed by atoms with Crippen molar-refractivity contribution in [1.82, 2.24) is 5.32 Å². The summed E-state index contributed by atoms with van der Waals surface area (Å²) >= 11 is 0. The summed E-state index contributed by atoms with van der Waals surface area (Å²) in [4.78, 5) is 0. The van der Waals surface area contributed by atoms with Gasteiger partial charge in [0.25, 0.3) is 0 Å². The topological polar surface area (TPSA) is 41.5 Å². The third-order valence-corrected chi connectivity index (χ3v) is 4.49. The zero-order valence-electron chi connectivity index (χ0n) is 14.7. The molecule has 25 heavy (non-hydrogen) atoms. The van der Waals surface area contributed by atoms with Crippen molar-refractivity contribution in [3.8, 4) is 5.75 Å². The number of aliphatic hydroxyl groups excluding tert-OH is 1. The molecule has 2 aromatic carbocycles. The van der Waals surface area contributed by atoms with Crippen LogP contribution in [0.25, 0.3) is 6.08 Å². The fourth-order valence-corrected chi connectivity index (χ4v) is 2.96. The minimum Gasteiger partial charge on any atom is -0.490 e. The number of rotatable bonds is 7. The predicted molar refractivity (Wildman–Crippen MR) is 105 cm³/mol. The first-order chi connectivity index (χ1) is 11.6. The molecule has 3 nitrogen and oxygen atoms in total. The van der Waals surface area contributed by atoms with Crippen LogP contribution in [-0.2, 0) is 12.0 Å². The average molecular weight is 360 g/mol. The number of hydrogen-bond acceptors (Lipinski definition) is 3. The molecule has 0 aliphatic heterocycles. The van der Waals surface area contributed by atoms with Crippen molar-refractivity contribution in [2.24, 2.45) is 0 Å². The van der Waals surface area contributed by atoms with Crippen molar-refractivity contribution < 1.29 is 9.84 Å². The highest BCUT2D eigenvalue weighted by molar-refractivity contribution is 5.85. The summed E-state index contributed by atoms with van der Waals surface area (Å²) in [5.41, 5.74) is 3.43. The zero-order chi connectivity index (χ0) is 17.0. The molecule has 1 aliphatic carbocycles. The Balaban J connectivity index is 0.00000225. The molecule has 0 spiro atoms. The van der Waals surface area contributed by atoms with Gasteiger partial charge in [0.1, 0.15) is 18.5 Å². The second kappa shape index (κ2) is 8.52. The van der Waals surface area contributed by atoms with Gasteiger partial charge in [-0.25, -0.2) is 0 Å². The van der Waals surface area contributed by atoms with Gasteiger partial charge >= 0.3 is 0 Å². The Kier molecular flexibility index (Phi) is 6.65. The van der Waals surface area contributed by atoms with Crippen LogP contribution in [0.1, 0.15) is 30.5 Å². The van der Waals surface area contributed by atoms with Crippen molar-refractivity contribution in [2.45, 2.75) is 31.9 Å². The molecule has 2 aromatic rings. The lowest BCUT2D eigenvalue weighted by atomic mass is 9.94. The molecule has 2 N–H and O–H groups in total. The van der Waals surface area contributed by atoms with Gasteiger partial charge < -0.3 is 15.2 Å². The fraction of sp³-hybridized carbons (Fsp3) is 0.333. The maximum atomic E-state index is 10.3. The van der Waals surface area contributed by atoms with Gasteiger partial charge in [-0.2, -0.15) is 0 Å². The Morgan fingerprint density at radius 3 is 2.64 bits per heavy atom. The number of nitrogens with one attached hydrogen (secondary N) is 1. The van der Waals surface area contributed by atoms with E-state index < -0.39 is 6.10 Å². The minimum absolute atomic E-state index is 0. The van der Waals surface area contributed by atoms with E-state index in [0.717, 1.165) is 17.7 Å². The summed E-state index contributed by atoms with van der Waals surface area (Å²) in [6.07, 6.45) is 4.63. The number of fused-ring (bicyclic) bond motifs is 1. The van der Waals surface area contributed by atoms with Gasteiger partial charge in [0.15, 0.2) is 0 Å². The molecule has 0 saturated carbocycles. The normalized spacial score (nSPS) is 13.9. The highest BCUT2D eigenvalue weighted by atomic mass is 35.5. The summed E-state index contributed by atoms with van der Waals surface area (Å²) in [6, 6.07) is 16.3. The summed E-state index contributed by atoms with van der Waals surface area (Å²) in [5, 5.41) is 13.7. The molecule has 0 saturated heterocycles. The van der Waals surface area contributed by atoms with E-state index in [4.69, 9.17) is 4.74 Å². The van der Waals surface area contributed by atoms with E-state index in [1.54, 1.807) is 0 Å². The van der Waals surface area contributed by atoms with Crippen LogP contribution in [0.4, 0.5) is 0 Å². The standard InChI is InChI=1S/C21H25NO2.ClH/c1-21(2,17-10-4-3-5-11-17)22-14-18(23)15-24-20-13-7-9-16-8-6-12-19(16)20;/h3-7,9-13,18,22-23H,8,14-15H2,1-2H3;1H. The predicted octanol–water partition coefficient (Wildman–Crippen LogP) is 3.94. The van der Waals surface area contributed by atoms with Crippen molar-refractivity contribution in [1.29, 1.82) is 0 Å². The largest absolute Gasteiger partial charge is 0.490 e. The lowest BCUT2D eigenvalue weighted by Crippen LogP contribution is -2.42. The number of aliphatic hydroxyl groups is 1. The molecule has 4 heteroatoms. The highest BCUT2D eigenvalue weighted by Crippen LogP contribution is 2.29. The number of hydrogen-bond donors (Lipinski definition) is 2. The number of allylic oxidation sites excluding steroid dienone is 1. The number of ether oxygens (including phenoxy) is 1. The highest BCUT2D eigenvalue weighted by Gasteiger charge is 2.21. The third kappa shape index (κ3) is 4.85. The monoisotopic (exact) mass is 359 g/mol. The molecule has 0 radical (unpaired) electrons. The van der Waals surface area contributed by atoms with Crippen LogP contribution < -0.4 is 10.1 Å². The molecule has 0 amide bonds. The molecule has 0 bridgehead atoms. The quantitative estimate of drug-likeness (QED) is 0.786. The van der Waals surface area contributed by atoms with Crippen LogP contribution in [-0.4, -0.2) is 24.4 Å². The van der Waals surface area contributed by atoms with E-state index >= 15 is 0 Å². The van der Waals surface area contributed by atoms with E-state index in [0.29, 0.717) is 6.54 Å². The maximum Gasteiger partial charge on any atom is 0.126 e. The Labute approximate surface area is 156 Å². The van der Waals surface area contributed by atoms with E-state index in [-0.39, 0.29) is 24.6 Å². The van der Waals surface area contributed by atoms with Gasteiger partial charge in [-0.15, -0.1) is 12.4 Å². The van der Waals surface area contributed by atoms with Gasteiger partial charge in [-0.3, -0.25) is 0 Å². The summed E-state index contributed by atoms with van der Waals surface area (Å²) in [5.74, 6) is 0.850. The molecule has 1 aliphatic rings. The van der Waals surface area contributed by atoms with Crippen LogP contribution in [0.15, 0.2) is 54.6 Å². The van der Waals surface area contributed by atoms with Gasteiger partial charge in [0, 0.05) is 17.6 Å². The first kappa shape index (κ1) is 19.5. The molecular weight excluding hydrogens is 334 g/mol. The SMILES string of the molecule is CC(C)(NCC(O)COc1cccc2c1C=CC2)c1ccccc1.Cl. The van der Waals surface area contributed by atoms with Crippen LogP contribution in [0, 0.1) is 0 Å². The lowest BCUT2D eigenvalue weighted by molar-refractivity contribution is 0.0986. The van der Waals surface area contributed by atoms with E-state index in [9.17, 15) is 5.11 Å². The first-order valence-electron chi connectivity index (χ1n) is 8.46. The number of halogens is 1. The smallest absolute Gasteiger partial charge is 0.126 e. The second-order valence-corrected chi connectivity index (χ2v) is 6.77. The molecule has 0 heterocycles. The molecule has 1 unspecified atom stereocenters. The van der Waals surface area contributed by atoms with Gasteiger partial charge in [-0.1, -0.05) is 54.6 Å². The van der Waals surface area contributed by atoms with E-state index in [1.807, 2.05) is 30.3 Å². The molecule has 1 atom stereocenters. The molecule has 0 fully saturated rings. The third-order valence-electron chi connectivity index (χ3n) is 4.49. The molecular formula is C21H26ClNO2. The Morgan fingerprint density at radius 1 is 1.12 bits per heavy atom. The van der Waals surface area contributed by atoms with Crippen LogP contribution >= 0.6 is 12.4 Å². The first-order valence-corrected chi connectivity index (χ1v) is 8.46.